The third-order valence-corrected chi connectivity index (χ3v) is 5.54. The van der Waals surface area contributed by atoms with Gasteiger partial charge in [0.15, 0.2) is 5.82 Å². The summed E-state index contributed by atoms with van der Waals surface area (Å²) >= 11 is 3.50. The van der Waals surface area contributed by atoms with Crippen LogP contribution in [0.3, 0.4) is 0 Å². The summed E-state index contributed by atoms with van der Waals surface area (Å²) in [7, 11) is 1.62. The van der Waals surface area contributed by atoms with Crippen molar-refractivity contribution in [2.75, 3.05) is 12.4 Å². The number of ether oxygens (including phenoxy) is 1. The van der Waals surface area contributed by atoms with E-state index in [0.717, 1.165) is 32.7 Å². The van der Waals surface area contributed by atoms with E-state index < -0.39 is 0 Å². The Bertz CT molecular complexity index is 1230. The standard InChI is InChI=1S/C25H23BrN4O2/c1-16(2)21-15-18(26)9-14-22(21)27-25(31)23-28-24(17-7-5-4-6-8-17)30(29-23)19-10-12-20(32-3)13-11-19/h4-16H,1-3H3,(H,27,31). The largest absolute Gasteiger partial charge is 0.497 e. The van der Waals surface area contributed by atoms with Gasteiger partial charge in [-0.2, -0.15) is 0 Å². The van der Waals surface area contributed by atoms with Crippen LogP contribution in [0.4, 0.5) is 5.69 Å². The number of amides is 1. The van der Waals surface area contributed by atoms with Crippen molar-refractivity contribution < 1.29 is 9.53 Å². The molecule has 0 saturated heterocycles. The summed E-state index contributed by atoms with van der Waals surface area (Å²) in [4.78, 5) is 17.7. The molecular weight excluding hydrogens is 468 g/mol. The molecule has 4 rings (SSSR count). The van der Waals surface area contributed by atoms with Gasteiger partial charge in [-0.1, -0.05) is 60.1 Å². The van der Waals surface area contributed by atoms with Crippen LogP contribution in [0.1, 0.15) is 35.9 Å². The van der Waals surface area contributed by atoms with Crippen LogP contribution in [-0.2, 0) is 0 Å². The highest BCUT2D eigenvalue weighted by Crippen LogP contribution is 2.28. The van der Waals surface area contributed by atoms with Crippen molar-refractivity contribution in [3.63, 3.8) is 0 Å². The van der Waals surface area contributed by atoms with E-state index in [4.69, 9.17) is 4.74 Å². The summed E-state index contributed by atoms with van der Waals surface area (Å²) in [6, 6.07) is 22.9. The smallest absolute Gasteiger partial charge is 0.295 e. The second kappa shape index (κ2) is 9.36. The van der Waals surface area contributed by atoms with E-state index in [1.165, 1.54) is 0 Å². The molecule has 0 aliphatic carbocycles. The van der Waals surface area contributed by atoms with Gasteiger partial charge in [0.25, 0.3) is 5.91 Å². The average Bonchev–Trinajstić information content (AvgIpc) is 3.26. The van der Waals surface area contributed by atoms with Crippen LogP contribution in [0.15, 0.2) is 77.3 Å². The number of hydrogen-bond donors (Lipinski definition) is 1. The van der Waals surface area contributed by atoms with E-state index in [1.54, 1.807) is 11.8 Å². The van der Waals surface area contributed by atoms with Crippen LogP contribution in [0.2, 0.25) is 0 Å². The second-order valence-electron chi connectivity index (χ2n) is 7.58. The van der Waals surface area contributed by atoms with Gasteiger partial charge in [0.2, 0.25) is 5.82 Å². The first-order valence-corrected chi connectivity index (χ1v) is 11.0. The highest BCUT2D eigenvalue weighted by molar-refractivity contribution is 9.10. The third kappa shape index (κ3) is 4.57. The van der Waals surface area contributed by atoms with Gasteiger partial charge in [-0.05, 0) is 53.9 Å². The number of hydrogen-bond acceptors (Lipinski definition) is 4. The lowest BCUT2D eigenvalue weighted by Gasteiger charge is -2.13. The summed E-state index contributed by atoms with van der Waals surface area (Å²) < 4.78 is 7.90. The molecule has 6 nitrogen and oxygen atoms in total. The van der Waals surface area contributed by atoms with E-state index in [1.807, 2.05) is 72.8 Å². The lowest BCUT2D eigenvalue weighted by molar-refractivity contribution is 0.101. The molecule has 0 aliphatic rings. The van der Waals surface area contributed by atoms with E-state index in [-0.39, 0.29) is 17.6 Å². The molecule has 0 unspecified atom stereocenters. The quantitative estimate of drug-likeness (QED) is 0.355. The highest BCUT2D eigenvalue weighted by Gasteiger charge is 2.20. The normalized spacial score (nSPS) is 10.9. The van der Waals surface area contributed by atoms with Crippen LogP contribution in [0.25, 0.3) is 17.1 Å². The highest BCUT2D eigenvalue weighted by atomic mass is 79.9. The summed E-state index contributed by atoms with van der Waals surface area (Å²) in [5.41, 5.74) is 3.42. The molecule has 3 aromatic carbocycles. The number of carbonyl (C=O) groups is 1. The molecule has 0 radical (unpaired) electrons. The topological polar surface area (TPSA) is 69.0 Å². The second-order valence-corrected chi connectivity index (χ2v) is 8.49. The van der Waals surface area contributed by atoms with Crippen molar-refractivity contribution >= 4 is 27.5 Å². The molecule has 32 heavy (non-hydrogen) atoms. The number of rotatable bonds is 6. The molecule has 7 heteroatoms. The predicted octanol–water partition coefficient (Wildman–Crippen LogP) is 6.08. The maximum atomic E-state index is 13.1. The Morgan fingerprint density at radius 3 is 2.41 bits per heavy atom. The van der Waals surface area contributed by atoms with Gasteiger partial charge in [0, 0.05) is 15.7 Å². The maximum Gasteiger partial charge on any atom is 0.295 e. The van der Waals surface area contributed by atoms with Crippen LogP contribution < -0.4 is 10.1 Å². The fraction of sp³-hybridized carbons (Fsp3) is 0.160. The van der Waals surface area contributed by atoms with E-state index in [2.05, 4.69) is 45.2 Å². The molecule has 1 heterocycles. The molecule has 1 N–H and O–H groups in total. The van der Waals surface area contributed by atoms with Gasteiger partial charge in [0.05, 0.1) is 12.8 Å². The van der Waals surface area contributed by atoms with Crippen molar-refractivity contribution in [2.24, 2.45) is 0 Å². The molecule has 1 amide bonds. The van der Waals surface area contributed by atoms with E-state index in [0.29, 0.717) is 5.82 Å². The Hall–Kier alpha value is -3.45. The lowest BCUT2D eigenvalue weighted by atomic mass is 10.0. The maximum absolute atomic E-state index is 13.1. The van der Waals surface area contributed by atoms with Crippen molar-refractivity contribution in [1.82, 2.24) is 14.8 Å². The fourth-order valence-corrected chi connectivity index (χ4v) is 3.77. The monoisotopic (exact) mass is 490 g/mol. The van der Waals surface area contributed by atoms with Gasteiger partial charge >= 0.3 is 0 Å². The summed E-state index contributed by atoms with van der Waals surface area (Å²) in [5.74, 6) is 1.30. The number of methoxy groups -OCH3 is 1. The van der Waals surface area contributed by atoms with Gasteiger partial charge in [-0.3, -0.25) is 4.79 Å². The molecule has 4 aromatic rings. The van der Waals surface area contributed by atoms with Crippen molar-refractivity contribution in [3.8, 4) is 22.8 Å². The molecular formula is C25H23BrN4O2. The van der Waals surface area contributed by atoms with Gasteiger partial charge < -0.3 is 10.1 Å². The Kier molecular flexibility index (Phi) is 6.37. The predicted molar refractivity (Wildman–Crippen MR) is 130 cm³/mol. The lowest BCUT2D eigenvalue weighted by Crippen LogP contribution is -2.16. The van der Waals surface area contributed by atoms with Crippen LogP contribution in [-0.4, -0.2) is 27.8 Å². The number of nitrogens with one attached hydrogen (secondary N) is 1. The number of anilines is 1. The van der Waals surface area contributed by atoms with Crippen molar-refractivity contribution in [1.29, 1.82) is 0 Å². The molecule has 162 valence electrons. The minimum absolute atomic E-state index is 0.0947. The Morgan fingerprint density at radius 2 is 1.75 bits per heavy atom. The molecule has 0 atom stereocenters. The van der Waals surface area contributed by atoms with Crippen LogP contribution >= 0.6 is 15.9 Å². The number of benzene rings is 3. The Balaban J connectivity index is 1.73. The summed E-state index contributed by atoms with van der Waals surface area (Å²) in [6.07, 6.45) is 0. The minimum Gasteiger partial charge on any atom is -0.497 e. The van der Waals surface area contributed by atoms with E-state index in [9.17, 15) is 4.79 Å². The fourth-order valence-electron chi connectivity index (χ4n) is 3.39. The van der Waals surface area contributed by atoms with Crippen LogP contribution in [0.5, 0.6) is 5.75 Å². The molecule has 0 bridgehead atoms. The van der Waals surface area contributed by atoms with Gasteiger partial charge in [-0.25, -0.2) is 9.67 Å². The molecule has 1 aromatic heterocycles. The Morgan fingerprint density at radius 1 is 1.03 bits per heavy atom. The minimum atomic E-state index is -0.362. The zero-order valence-electron chi connectivity index (χ0n) is 18.0. The van der Waals surface area contributed by atoms with Crippen molar-refractivity contribution in [3.05, 3.63) is 88.7 Å². The van der Waals surface area contributed by atoms with Gasteiger partial charge in [0.1, 0.15) is 5.75 Å². The summed E-state index contributed by atoms with van der Waals surface area (Å²) in [6.45, 7) is 4.17. The molecule has 0 aliphatic heterocycles. The zero-order valence-corrected chi connectivity index (χ0v) is 19.6. The van der Waals surface area contributed by atoms with Gasteiger partial charge in [-0.15, -0.1) is 5.10 Å². The number of halogens is 1. The third-order valence-electron chi connectivity index (χ3n) is 5.04. The average molecular weight is 491 g/mol. The summed E-state index contributed by atoms with van der Waals surface area (Å²) in [5, 5.41) is 7.52. The number of carbonyl (C=O) groups excluding carboxylic acids is 1. The first kappa shape index (κ1) is 21.8. The first-order valence-electron chi connectivity index (χ1n) is 10.2. The molecule has 0 spiro atoms. The van der Waals surface area contributed by atoms with E-state index >= 15 is 0 Å². The number of nitrogens with zero attached hydrogens (tertiary/aromatic N) is 3. The Labute approximate surface area is 195 Å². The SMILES string of the molecule is COc1ccc(-n2nc(C(=O)Nc3ccc(Br)cc3C(C)C)nc2-c2ccccc2)cc1. The first-order chi connectivity index (χ1) is 15.5. The molecule has 0 saturated carbocycles. The molecule has 0 fully saturated rings. The van der Waals surface area contributed by atoms with Crippen molar-refractivity contribution in [2.45, 2.75) is 19.8 Å². The number of aromatic nitrogens is 3. The zero-order chi connectivity index (χ0) is 22.7. The van der Waals surface area contributed by atoms with Crippen LogP contribution in [0, 0.1) is 0 Å².